The van der Waals surface area contributed by atoms with Gasteiger partial charge in [0, 0.05) is 0 Å². The van der Waals surface area contributed by atoms with Gasteiger partial charge in [0.25, 0.3) is 0 Å². The Morgan fingerprint density at radius 2 is 1.36 bits per heavy atom. The summed E-state index contributed by atoms with van der Waals surface area (Å²) in [5.74, 6) is 0.879. The SMILES string of the molecule is CC(C)Cc1cccc(P(O)(O)(O)CC(C)C)c1CC(C)C. The second-order valence-electron chi connectivity index (χ2n) is 7.84. The molecule has 0 aliphatic rings. The van der Waals surface area contributed by atoms with Gasteiger partial charge in [0.1, 0.15) is 0 Å². The Labute approximate surface area is 135 Å². The number of rotatable bonds is 7. The fraction of sp³-hybridized carbons (Fsp3) is 0.667. The van der Waals surface area contributed by atoms with E-state index in [1.54, 1.807) is 6.07 Å². The Balaban J connectivity index is 3.45. The van der Waals surface area contributed by atoms with Crippen molar-refractivity contribution in [3.8, 4) is 0 Å². The zero-order valence-corrected chi connectivity index (χ0v) is 15.8. The average molecular weight is 328 g/mol. The van der Waals surface area contributed by atoms with Crippen molar-refractivity contribution < 1.29 is 14.7 Å². The molecule has 0 heterocycles. The minimum absolute atomic E-state index is 0.0123. The predicted octanol–water partition coefficient (Wildman–Crippen LogP) is 3.64. The molecule has 0 saturated heterocycles. The Hall–Kier alpha value is -0.470. The molecule has 1 aromatic carbocycles. The summed E-state index contributed by atoms with van der Waals surface area (Å²) in [5.41, 5.74) is 2.05. The zero-order chi connectivity index (χ0) is 17.2. The summed E-state index contributed by atoms with van der Waals surface area (Å²) < 4.78 is 0. The van der Waals surface area contributed by atoms with Gasteiger partial charge in [0.2, 0.25) is 0 Å². The van der Waals surface area contributed by atoms with Crippen molar-refractivity contribution in [3.63, 3.8) is 0 Å². The number of benzene rings is 1. The van der Waals surface area contributed by atoms with E-state index in [1.807, 2.05) is 26.0 Å². The quantitative estimate of drug-likeness (QED) is 0.670. The maximum atomic E-state index is 10.7. The summed E-state index contributed by atoms with van der Waals surface area (Å²) in [5, 5.41) is 0.367. The van der Waals surface area contributed by atoms with Gasteiger partial charge in [-0.3, -0.25) is 0 Å². The van der Waals surface area contributed by atoms with Crippen LogP contribution in [0.15, 0.2) is 18.2 Å². The molecule has 0 atom stereocenters. The molecule has 4 heteroatoms. The van der Waals surface area contributed by atoms with E-state index in [1.165, 1.54) is 0 Å². The second kappa shape index (κ2) is 6.97. The summed E-state index contributed by atoms with van der Waals surface area (Å²) in [6.07, 6.45) is 1.64. The first-order chi connectivity index (χ1) is 9.90. The first kappa shape index (κ1) is 19.6. The zero-order valence-electron chi connectivity index (χ0n) is 14.9. The van der Waals surface area contributed by atoms with E-state index in [4.69, 9.17) is 0 Å². The van der Waals surface area contributed by atoms with Crippen LogP contribution in [-0.2, 0) is 12.8 Å². The molecule has 0 aliphatic heterocycles. The van der Waals surface area contributed by atoms with Crippen LogP contribution in [0.5, 0.6) is 0 Å². The molecule has 3 nitrogen and oxygen atoms in total. The van der Waals surface area contributed by atoms with Crippen LogP contribution in [0.25, 0.3) is 0 Å². The fourth-order valence-electron chi connectivity index (χ4n) is 3.10. The van der Waals surface area contributed by atoms with Crippen molar-refractivity contribution in [1.29, 1.82) is 0 Å². The fourth-order valence-corrected chi connectivity index (χ4v) is 5.82. The van der Waals surface area contributed by atoms with E-state index >= 15 is 0 Å². The molecule has 0 spiro atoms. The summed E-state index contributed by atoms with van der Waals surface area (Å²) in [6, 6.07) is 5.58. The molecule has 3 N–H and O–H groups in total. The Morgan fingerprint density at radius 1 is 0.818 bits per heavy atom. The van der Waals surface area contributed by atoms with Crippen LogP contribution in [-0.4, -0.2) is 20.8 Å². The third-order valence-electron chi connectivity index (χ3n) is 3.68. The van der Waals surface area contributed by atoms with Crippen LogP contribution in [0.1, 0.15) is 52.7 Å². The van der Waals surface area contributed by atoms with Gasteiger partial charge in [-0.05, 0) is 0 Å². The Bertz CT molecular complexity index is 499. The van der Waals surface area contributed by atoms with E-state index in [0.717, 1.165) is 24.0 Å². The number of hydrogen-bond acceptors (Lipinski definition) is 3. The maximum absolute atomic E-state index is 10.7. The van der Waals surface area contributed by atoms with E-state index < -0.39 is 7.28 Å². The molecule has 0 amide bonds. The van der Waals surface area contributed by atoms with Gasteiger partial charge in [-0.1, -0.05) is 0 Å². The second-order valence-corrected chi connectivity index (χ2v) is 11.0. The van der Waals surface area contributed by atoms with Gasteiger partial charge in [-0.25, -0.2) is 0 Å². The van der Waals surface area contributed by atoms with Crippen molar-refractivity contribution in [2.75, 3.05) is 6.16 Å². The van der Waals surface area contributed by atoms with Crippen LogP contribution < -0.4 is 5.30 Å². The van der Waals surface area contributed by atoms with Crippen LogP contribution in [0.3, 0.4) is 0 Å². The molecule has 0 radical (unpaired) electrons. The van der Waals surface area contributed by atoms with E-state index in [9.17, 15) is 14.7 Å². The van der Waals surface area contributed by atoms with Crippen LogP contribution in [0.2, 0.25) is 0 Å². The van der Waals surface area contributed by atoms with Gasteiger partial charge in [-0.15, -0.1) is 0 Å². The summed E-state index contributed by atoms with van der Waals surface area (Å²) in [4.78, 5) is 32.1. The summed E-state index contributed by atoms with van der Waals surface area (Å²) in [6.45, 7) is 12.3. The molecule has 0 aliphatic carbocycles. The third kappa shape index (κ3) is 5.31. The van der Waals surface area contributed by atoms with Gasteiger partial charge >= 0.3 is 135 Å². The Morgan fingerprint density at radius 3 is 1.82 bits per heavy atom. The van der Waals surface area contributed by atoms with Crippen molar-refractivity contribution >= 4 is 12.6 Å². The molecule has 1 rings (SSSR count). The average Bonchev–Trinajstić information content (AvgIpc) is 2.26. The van der Waals surface area contributed by atoms with E-state index in [-0.39, 0.29) is 12.1 Å². The molecular formula is C18H33O3P. The van der Waals surface area contributed by atoms with Crippen molar-refractivity contribution in [2.24, 2.45) is 17.8 Å². The molecule has 0 aromatic heterocycles. The van der Waals surface area contributed by atoms with E-state index in [0.29, 0.717) is 17.1 Å². The molecule has 0 saturated carbocycles. The van der Waals surface area contributed by atoms with Crippen LogP contribution >= 0.6 is 7.28 Å². The third-order valence-corrected chi connectivity index (χ3v) is 6.49. The minimum atomic E-state index is -4.82. The normalized spacial score (nSPS) is 14.6. The summed E-state index contributed by atoms with van der Waals surface area (Å²) >= 11 is 0. The number of hydrogen-bond donors (Lipinski definition) is 3. The van der Waals surface area contributed by atoms with Crippen LogP contribution in [0, 0.1) is 17.8 Å². The molecule has 1 aromatic rings. The van der Waals surface area contributed by atoms with Gasteiger partial charge in [0.15, 0.2) is 0 Å². The summed E-state index contributed by atoms with van der Waals surface area (Å²) in [7, 11) is -4.82. The van der Waals surface area contributed by atoms with E-state index in [2.05, 4.69) is 27.7 Å². The molecule has 22 heavy (non-hydrogen) atoms. The van der Waals surface area contributed by atoms with Crippen LogP contribution in [0.4, 0.5) is 0 Å². The van der Waals surface area contributed by atoms with Gasteiger partial charge in [-0.2, -0.15) is 0 Å². The molecule has 0 fully saturated rings. The standard InChI is InChI=1S/C18H33O3P/c1-13(2)10-16-8-7-9-18(17(16)11-14(3)4)22(19,20,21)12-15(5)6/h7-9,13-15,19-21H,10-12H2,1-6H3. The first-order valence-corrected chi connectivity index (χ1v) is 10.6. The monoisotopic (exact) mass is 328 g/mol. The van der Waals surface area contributed by atoms with Crippen molar-refractivity contribution in [3.05, 3.63) is 29.3 Å². The molecular weight excluding hydrogens is 295 g/mol. The molecule has 0 bridgehead atoms. The van der Waals surface area contributed by atoms with Crippen molar-refractivity contribution in [2.45, 2.75) is 54.4 Å². The van der Waals surface area contributed by atoms with Gasteiger partial charge in [0.05, 0.1) is 0 Å². The van der Waals surface area contributed by atoms with Crippen molar-refractivity contribution in [1.82, 2.24) is 0 Å². The molecule has 128 valence electrons. The first-order valence-electron chi connectivity index (χ1n) is 8.28. The Kier molecular flexibility index (Phi) is 6.20. The topological polar surface area (TPSA) is 60.7 Å². The van der Waals surface area contributed by atoms with Gasteiger partial charge < -0.3 is 0 Å². The predicted molar refractivity (Wildman–Crippen MR) is 96.4 cm³/mol. The molecule has 0 unspecified atom stereocenters.